The predicted molar refractivity (Wildman–Crippen MR) is 108 cm³/mol. The highest BCUT2D eigenvalue weighted by molar-refractivity contribution is 7.80. The minimum absolute atomic E-state index is 0.298. The van der Waals surface area contributed by atoms with Crippen molar-refractivity contribution in [3.05, 3.63) is 59.7 Å². The summed E-state index contributed by atoms with van der Waals surface area (Å²) in [6, 6.07) is 15.5. The monoisotopic (exact) mass is 382 g/mol. The number of thiocarbonyl (C=S) groups is 1. The minimum atomic E-state index is -0.997. The molecule has 27 heavy (non-hydrogen) atoms. The summed E-state index contributed by atoms with van der Waals surface area (Å²) >= 11 is 5.68. The maximum atomic E-state index is 13.0. The second-order valence-corrected chi connectivity index (χ2v) is 7.41. The van der Waals surface area contributed by atoms with Crippen LogP contribution < -0.4 is 15.0 Å². The van der Waals surface area contributed by atoms with Gasteiger partial charge in [-0.15, -0.1) is 0 Å². The molecule has 0 radical (unpaired) electrons. The Hall–Kier alpha value is -2.60. The van der Waals surface area contributed by atoms with Crippen LogP contribution in [-0.4, -0.2) is 23.4 Å². The molecule has 0 saturated carbocycles. The van der Waals surface area contributed by atoms with Crippen LogP contribution in [0.2, 0.25) is 0 Å². The van der Waals surface area contributed by atoms with E-state index in [0.717, 1.165) is 22.6 Å². The van der Waals surface area contributed by atoms with Crippen LogP contribution in [0.4, 0.5) is 5.69 Å². The maximum Gasteiger partial charge on any atom is 0.317 e. The molecule has 2 heterocycles. The standard InChI is InChI=1S/C21H22N2O3S/c1-4-25-19(24)17-18-15-7-5-6-8-16(15)26-21(17,3)23(20(27)22-18)14-11-9-13(2)10-12-14/h5-12,17-18H,4H2,1-3H3,(H,22,27)/t17-,18-,21-/m1/s1. The molecule has 3 atom stereocenters. The number of hydrogen-bond acceptors (Lipinski definition) is 4. The van der Waals surface area contributed by atoms with Gasteiger partial charge in [-0.25, -0.2) is 0 Å². The number of carbonyl (C=O) groups excluding carboxylic acids is 1. The summed E-state index contributed by atoms with van der Waals surface area (Å²) in [5.41, 5.74) is 1.93. The van der Waals surface area contributed by atoms with Crippen molar-refractivity contribution in [3.63, 3.8) is 0 Å². The Morgan fingerprint density at radius 2 is 1.96 bits per heavy atom. The Morgan fingerprint density at radius 1 is 1.26 bits per heavy atom. The molecule has 2 aromatic rings. The third kappa shape index (κ3) is 2.75. The van der Waals surface area contributed by atoms with Crippen LogP contribution in [0.3, 0.4) is 0 Å². The van der Waals surface area contributed by atoms with Crippen molar-refractivity contribution in [3.8, 4) is 5.75 Å². The number of benzene rings is 2. The molecule has 6 heteroatoms. The number of nitrogens with zero attached hydrogens (tertiary/aromatic N) is 1. The molecular formula is C21H22N2O3S. The lowest BCUT2D eigenvalue weighted by molar-refractivity contribution is -0.159. The van der Waals surface area contributed by atoms with Gasteiger partial charge in [0.2, 0.25) is 5.72 Å². The first-order chi connectivity index (χ1) is 13.0. The van der Waals surface area contributed by atoms with Gasteiger partial charge in [-0.3, -0.25) is 9.69 Å². The lowest BCUT2D eigenvalue weighted by Crippen LogP contribution is -2.71. The van der Waals surface area contributed by atoms with Crippen molar-refractivity contribution < 1.29 is 14.3 Å². The van der Waals surface area contributed by atoms with Gasteiger partial charge in [0.25, 0.3) is 0 Å². The van der Waals surface area contributed by atoms with E-state index in [2.05, 4.69) is 5.32 Å². The van der Waals surface area contributed by atoms with Crippen molar-refractivity contribution in [2.75, 3.05) is 11.5 Å². The molecule has 2 aliphatic heterocycles. The summed E-state index contributed by atoms with van der Waals surface area (Å²) in [6.07, 6.45) is 0. The van der Waals surface area contributed by atoms with E-state index in [0.29, 0.717) is 11.7 Å². The lowest BCUT2D eigenvalue weighted by Gasteiger charge is -2.55. The number of anilines is 1. The van der Waals surface area contributed by atoms with Gasteiger partial charge in [0.05, 0.1) is 12.6 Å². The Kier molecular flexibility index (Phi) is 4.30. The van der Waals surface area contributed by atoms with Crippen molar-refractivity contribution in [2.45, 2.75) is 32.5 Å². The van der Waals surface area contributed by atoms with Crippen molar-refractivity contribution in [2.24, 2.45) is 5.92 Å². The van der Waals surface area contributed by atoms with Crippen molar-refractivity contribution in [1.29, 1.82) is 0 Å². The van der Waals surface area contributed by atoms with Crippen LogP contribution in [0.5, 0.6) is 5.75 Å². The first-order valence-corrected chi connectivity index (χ1v) is 9.48. The average molecular weight is 382 g/mol. The molecule has 0 amide bonds. The number of para-hydroxylation sites is 1. The largest absolute Gasteiger partial charge is 0.466 e. The number of carbonyl (C=O) groups is 1. The fourth-order valence-corrected chi connectivity index (χ4v) is 4.42. The number of nitrogens with one attached hydrogen (secondary N) is 1. The highest BCUT2D eigenvalue weighted by Crippen LogP contribution is 2.49. The second kappa shape index (κ2) is 6.53. The summed E-state index contributed by atoms with van der Waals surface area (Å²) in [5.74, 6) is -0.121. The number of hydrogen-bond donors (Lipinski definition) is 1. The molecular weight excluding hydrogens is 360 g/mol. The van der Waals surface area contributed by atoms with E-state index in [9.17, 15) is 4.79 Å². The zero-order chi connectivity index (χ0) is 19.2. The van der Waals surface area contributed by atoms with Crippen LogP contribution >= 0.6 is 12.2 Å². The van der Waals surface area contributed by atoms with Gasteiger partial charge < -0.3 is 14.8 Å². The summed E-state index contributed by atoms with van der Waals surface area (Å²) in [7, 11) is 0. The molecule has 2 bridgehead atoms. The van der Waals surface area contributed by atoms with E-state index < -0.39 is 11.6 Å². The number of ether oxygens (including phenoxy) is 2. The highest BCUT2D eigenvalue weighted by atomic mass is 32.1. The summed E-state index contributed by atoms with van der Waals surface area (Å²) in [5, 5.41) is 3.89. The van der Waals surface area contributed by atoms with Crippen LogP contribution in [0.1, 0.15) is 31.0 Å². The Bertz CT molecular complexity index is 899. The number of fused-ring (bicyclic) bond motifs is 4. The number of esters is 1. The summed E-state index contributed by atoms with van der Waals surface area (Å²) < 4.78 is 11.8. The molecule has 2 aliphatic rings. The molecule has 0 aliphatic carbocycles. The quantitative estimate of drug-likeness (QED) is 0.645. The topological polar surface area (TPSA) is 50.8 Å². The van der Waals surface area contributed by atoms with E-state index in [1.807, 2.05) is 74.2 Å². The normalized spacial score (nSPS) is 25.9. The smallest absolute Gasteiger partial charge is 0.317 e. The van der Waals surface area contributed by atoms with Gasteiger partial charge >= 0.3 is 5.97 Å². The molecule has 4 rings (SSSR count). The molecule has 1 saturated heterocycles. The van der Waals surface area contributed by atoms with Crippen LogP contribution in [0.25, 0.3) is 0 Å². The fraction of sp³-hybridized carbons (Fsp3) is 0.333. The van der Waals surface area contributed by atoms with E-state index in [-0.39, 0.29) is 12.0 Å². The van der Waals surface area contributed by atoms with E-state index in [1.165, 1.54) is 0 Å². The first-order valence-electron chi connectivity index (χ1n) is 9.07. The van der Waals surface area contributed by atoms with Gasteiger partial charge in [0, 0.05) is 11.3 Å². The van der Waals surface area contributed by atoms with Gasteiger partial charge in [0.15, 0.2) is 5.11 Å². The van der Waals surface area contributed by atoms with Gasteiger partial charge in [0.1, 0.15) is 11.7 Å². The molecule has 0 spiro atoms. The number of rotatable bonds is 3. The van der Waals surface area contributed by atoms with Gasteiger partial charge in [-0.05, 0) is 51.2 Å². The lowest BCUT2D eigenvalue weighted by atomic mass is 9.79. The van der Waals surface area contributed by atoms with Crippen molar-refractivity contribution >= 4 is 29.0 Å². The predicted octanol–water partition coefficient (Wildman–Crippen LogP) is 3.72. The fourth-order valence-electron chi connectivity index (χ4n) is 4.00. The molecule has 140 valence electrons. The second-order valence-electron chi connectivity index (χ2n) is 7.02. The molecule has 1 fully saturated rings. The molecule has 2 aromatic carbocycles. The maximum absolute atomic E-state index is 13.0. The minimum Gasteiger partial charge on any atom is -0.466 e. The molecule has 0 aromatic heterocycles. The summed E-state index contributed by atoms with van der Waals surface area (Å²) in [4.78, 5) is 14.8. The van der Waals surface area contributed by atoms with Crippen LogP contribution in [-0.2, 0) is 9.53 Å². The SMILES string of the molecule is CCOC(=O)[C@H]1[C@@H]2NC(=S)N(c3ccc(C)cc3)[C@]1(C)Oc1ccccc12. The van der Waals surface area contributed by atoms with E-state index >= 15 is 0 Å². The van der Waals surface area contributed by atoms with Crippen molar-refractivity contribution in [1.82, 2.24) is 5.32 Å². The van der Waals surface area contributed by atoms with Gasteiger partial charge in [-0.1, -0.05) is 35.9 Å². The van der Waals surface area contributed by atoms with Gasteiger partial charge in [-0.2, -0.15) is 0 Å². The zero-order valence-electron chi connectivity index (χ0n) is 15.6. The molecule has 5 nitrogen and oxygen atoms in total. The first kappa shape index (κ1) is 17.8. The summed E-state index contributed by atoms with van der Waals surface area (Å²) in [6.45, 7) is 6.06. The van der Waals surface area contributed by atoms with Crippen LogP contribution in [0, 0.1) is 12.8 Å². The Balaban J connectivity index is 1.88. The Labute approximate surface area is 164 Å². The molecule has 1 N–H and O–H groups in total. The zero-order valence-corrected chi connectivity index (χ0v) is 16.4. The third-order valence-electron chi connectivity index (χ3n) is 5.24. The average Bonchev–Trinajstić information content (AvgIpc) is 2.62. The number of aryl methyl sites for hydroxylation is 1. The third-order valence-corrected chi connectivity index (χ3v) is 5.54. The van der Waals surface area contributed by atoms with Crippen LogP contribution in [0.15, 0.2) is 48.5 Å². The van der Waals surface area contributed by atoms with E-state index in [1.54, 1.807) is 0 Å². The Morgan fingerprint density at radius 3 is 2.67 bits per heavy atom. The highest BCUT2D eigenvalue weighted by Gasteiger charge is 2.59. The molecule has 0 unspecified atom stereocenters. The van der Waals surface area contributed by atoms with E-state index in [4.69, 9.17) is 21.7 Å².